The van der Waals surface area contributed by atoms with E-state index in [1.165, 1.54) is 64.3 Å². The molecule has 0 fully saturated rings. The Balaban J connectivity index is 0.00000208. The van der Waals surface area contributed by atoms with Crippen molar-refractivity contribution in [3.8, 4) is 0 Å². The molecular weight excluding hydrogens is 830 g/mol. The number of aromatic nitrogens is 2. The molecule has 0 saturated carbocycles. The number of nitrogens with zero attached hydrogens (tertiary/aromatic N) is 4. The molecule has 0 atom stereocenters. The zero-order valence-electron chi connectivity index (χ0n) is 27.6. The maximum absolute atomic E-state index is 2.36. The lowest BCUT2D eigenvalue weighted by atomic mass is 9.84. The van der Waals surface area contributed by atoms with Gasteiger partial charge in [-0.05, 0) is 41.5 Å². The molecule has 2 aliphatic heterocycles. The van der Waals surface area contributed by atoms with Crippen molar-refractivity contribution in [1.82, 2.24) is 0 Å². The van der Waals surface area contributed by atoms with E-state index in [4.69, 9.17) is 0 Å². The van der Waals surface area contributed by atoms with Gasteiger partial charge in [0.05, 0.1) is 0 Å². The highest BCUT2D eigenvalue weighted by Gasteiger charge is 2.38. The van der Waals surface area contributed by atoms with E-state index in [2.05, 4.69) is 172 Å². The first-order chi connectivity index (χ1) is 21.0. The fraction of sp³-hybridized carbons (Fsp3) is 0.263. The van der Waals surface area contributed by atoms with Gasteiger partial charge in [-0.1, -0.05) is 98.9 Å². The molecule has 0 saturated heterocycles. The van der Waals surface area contributed by atoms with Crippen molar-refractivity contribution in [2.24, 2.45) is 14.1 Å². The van der Waals surface area contributed by atoms with Crippen LogP contribution in [-0.2, 0) is 24.9 Å². The molecule has 0 amide bonds. The first kappa shape index (κ1) is 34.8. The van der Waals surface area contributed by atoms with E-state index in [0.717, 1.165) is 0 Å². The molecule has 5 aromatic rings. The molecule has 2 aromatic heterocycles. The topological polar surface area (TPSA) is 14.2 Å². The average molecular weight is 871 g/mol. The van der Waals surface area contributed by atoms with Crippen LogP contribution in [0.5, 0.6) is 0 Å². The minimum atomic E-state index is -0.0264. The molecule has 2 aliphatic rings. The Hall–Kier alpha value is -2.54. The standard InChI is InChI=1S/C38H40N4S2.2HI/c1-37(2)25-15-9-11-17-27(25)39(5)31(37)19-13-21-33-41(7)29-23-24-30-35(36(29)44-33)42(8)34(43-30)22-14-20-32-38(3,4)26-16-10-12-18-28(26)40(32)6;;/h9-24H,1-8H3;2*1H/q+2;;/p-2. The summed E-state index contributed by atoms with van der Waals surface area (Å²) < 4.78 is 7.31. The molecule has 7 rings (SSSR count). The van der Waals surface area contributed by atoms with Crippen molar-refractivity contribution in [1.29, 1.82) is 0 Å². The van der Waals surface area contributed by atoms with Gasteiger partial charge in [0, 0.05) is 65.9 Å². The van der Waals surface area contributed by atoms with Crippen molar-refractivity contribution in [3.63, 3.8) is 0 Å². The second kappa shape index (κ2) is 12.8. The number of hydrogen-bond acceptors (Lipinski definition) is 4. The fourth-order valence-electron chi connectivity index (χ4n) is 7.23. The van der Waals surface area contributed by atoms with E-state index in [0.29, 0.717) is 0 Å². The third-order valence-electron chi connectivity index (χ3n) is 9.72. The van der Waals surface area contributed by atoms with Crippen molar-refractivity contribution in [2.75, 3.05) is 23.9 Å². The maximum Gasteiger partial charge on any atom is 0.262 e. The quantitative estimate of drug-likeness (QED) is 0.204. The zero-order valence-corrected chi connectivity index (χ0v) is 33.5. The highest BCUT2D eigenvalue weighted by atomic mass is 127. The summed E-state index contributed by atoms with van der Waals surface area (Å²) in [5, 5.41) is 2.48. The van der Waals surface area contributed by atoms with Crippen LogP contribution in [0.2, 0.25) is 0 Å². The normalized spacial score (nSPS) is 18.3. The van der Waals surface area contributed by atoms with Gasteiger partial charge in [-0.2, -0.15) is 9.13 Å². The Morgan fingerprint density at radius 2 is 1.11 bits per heavy atom. The van der Waals surface area contributed by atoms with Crippen LogP contribution >= 0.6 is 22.7 Å². The highest BCUT2D eigenvalue weighted by molar-refractivity contribution is 7.22. The molecule has 3 aromatic carbocycles. The fourth-order valence-corrected chi connectivity index (χ4v) is 9.61. The molecular formula is C38H40I2N4S2. The number of fused-ring (bicyclic) bond motifs is 5. The molecule has 0 bridgehead atoms. The monoisotopic (exact) mass is 870 g/mol. The largest absolute Gasteiger partial charge is 1.00 e. The summed E-state index contributed by atoms with van der Waals surface area (Å²) >= 11 is 3.72. The van der Waals surface area contributed by atoms with Gasteiger partial charge in [0.25, 0.3) is 10.0 Å². The van der Waals surface area contributed by atoms with Crippen LogP contribution in [0.25, 0.3) is 32.6 Å². The smallest absolute Gasteiger partial charge is 0.262 e. The minimum absolute atomic E-state index is 0. The van der Waals surface area contributed by atoms with Crippen molar-refractivity contribution in [3.05, 3.63) is 118 Å². The third kappa shape index (κ3) is 5.37. The van der Waals surface area contributed by atoms with Gasteiger partial charge in [-0.3, -0.25) is 0 Å². The number of aryl methyl sites for hydroxylation is 2. The molecule has 238 valence electrons. The van der Waals surface area contributed by atoms with Gasteiger partial charge in [0.15, 0.2) is 4.70 Å². The number of allylic oxidation sites excluding steroid dienone is 6. The number of halogens is 2. The van der Waals surface area contributed by atoms with E-state index in [-0.39, 0.29) is 58.8 Å². The first-order valence-corrected chi connectivity index (χ1v) is 16.8. The number of hydrogen-bond donors (Lipinski definition) is 0. The second-order valence-corrected chi connectivity index (χ2v) is 15.1. The number of thiazole rings is 2. The summed E-state index contributed by atoms with van der Waals surface area (Å²) in [6, 6.07) is 22.0. The lowest BCUT2D eigenvalue weighted by Crippen LogP contribution is -3.00. The Labute approximate surface area is 315 Å². The van der Waals surface area contributed by atoms with Crippen molar-refractivity contribution in [2.45, 2.75) is 38.5 Å². The molecule has 0 unspecified atom stereocenters. The molecule has 4 heterocycles. The summed E-state index contributed by atoms with van der Waals surface area (Å²) in [6.45, 7) is 9.26. The SMILES string of the molecule is CN1/C(=C\C=C\c2sc3c(ccc4sc(/C=C/C=C5\N(C)c6ccccc6C5(C)C)[n+](C)c43)[n+]2C)C(C)(C)c2ccccc21.[I-].[I-]. The lowest BCUT2D eigenvalue weighted by Gasteiger charge is -2.23. The average Bonchev–Trinajstić information content (AvgIpc) is 3.63. The summed E-state index contributed by atoms with van der Waals surface area (Å²) in [5.74, 6) is 0. The van der Waals surface area contributed by atoms with Crippen LogP contribution in [0.1, 0.15) is 48.8 Å². The first-order valence-electron chi connectivity index (χ1n) is 15.2. The predicted molar refractivity (Wildman–Crippen MR) is 190 cm³/mol. The highest BCUT2D eigenvalue weighted by Crippen LogP contribution is 2.47. The van der Waals surface area contributed by atoms with Gasteiger partial charge in [-0.15, -0.1) is 0 Å². The van der Waals surface area contributed by atoms with Gasteiger partial charge in [0.2, 0.25) is 11.0 Å². The Bertz CT molecular complexity index is 2090. The van der Waals surface area contributed by atoms with Crippen LogP contribution in [0, 0.1) is 0 Å². The molecule has 0 radical (unpaired) electrons. The number of benzene rings is 3. The number of rotatable bonds is 4. The van der Waals surface area contributed by atoms with Gasteiger partial charge in [0.1, 0.15) is 18.8 Å². The van der Waals surface area contributed by atoms with E-state index < -0.39 is 0 Å². The van der Waals surface area contributed by atoms with E-state index in [1.807, 2.05) is 22.7 Å². The summed E-state index contributed by atoms with van der Waals surface area (Å²) in [4.78, 5) is 4.66. The molecule has 0 aliphatic carbocycles. The predicted octanol–water partition coefficient (Wildman–Crippen LogP) is 2.42. The van der Waals surface area contributed by atoms with Crippen molar-refractivity contribution < 1.29 is 57.1 Å². The minimum Gasteiger partial charge on any atom is -1.00 e. The molecule has 4 nitrogen and oxygen atoms in total. The van der Waals surface area contributed by atoms with Crippen LogP contribution in [0.3, 0.4) is 0 Å². The van der Waals surface area contributed by atoms with Crippen LogP contribution < -0.4 is 66.9 Å². The third-order valence-corrected chi connectivity index (χ3v) is 12.1. The van der Waals surface area contributed by atoms with Crippen molar-refractivity contribution >= 4 is 66.6 Å². The summed E-state index contributed by atoms with van der Waals surface area (Å²) in [7, 11) is 8.72. The van der Waals surface area contributed by atoms with Gasteiger partial charge in [-0.25, -0.2) is 0 Å². The van der Waals surface area contributed by atoms with Gasteiger partial charge < -0.3 is 57.8 Å². The zero-order chi connectivity index (χ0) is 31.0. The number of anilines is 2. The number of para-hydroxylation sites is 2. The summed E-state index contributed by atoms with van der Waals surface area (Å²) in [5.41, 5.74) is 10.5. The molecule has 46 heavy (non-hydrogen) atoms. The molecule has 0 spiro atoms. The molecule has 8 heteroatoms. The second-order valence-electron chi connectivity index (χ2n) is 13.0. The van der Waals surface area contributed by atoms with Crippen LogP contribution in [-0.4, -0.2) is 14.1 Å². The maximum atomic E-state index is 2.36. The van der Waals surface area contributed by atoms with E-state index in [9.17, 15) is 0 Å². The van der Waals surface area contributed by atoms with E-state index >= 15 is 0 Å². The summed E-state index contributed by atoms with van der Waals surface area (Å²) in [6.07, 6.45) is 13.5. The lowest BCUT2D eigenvalue weighted by molar-refractivity contribution is -0.644. The Morgan fingerprint density at radius 3 is 1.61 bits per heavy atom. The number of likely N-dealkylation sites (N-methyl/N-ethyl adjacent to an activating group) is 2. The Morgan fingerprint density at radius 1 is 0.630 bits per heavy atom. The van der Waals surface area contributed by atoms with Crippen LogP contribution in [0.15, 0.2) is 96.4 Å². The molecule has 0 N–H and O–H groups in total. The Kier molecular flexibility index (Phi) is 9.69. The van der Waals surface area contributed by atoms with E-state index in [1.54, 1.807) is 0 Å². The van der Waals surface area contributed by atoms with Crippen LogP contribution in [0.4, 0.5) is 11.4 Å². The van der Waals surface area contributed by atoms with Gasteiger partial charge >= 0.3 is 0 Å².